The largest absolute Gasteiger partial charge is 0.366 e. The van der Waals surface area contributed by atoms with Crippen LogP contribution in [0.25, 0.3) is 0 Å². The molecule has 142 valence electrons. The normalized spacial score (nSPS) is 16.6. The zero-order chi connectivity index (χ0) is 19.2. The summed E-state index contributed by atoms with van der Waals surface area (Å²) in [7, 11) is 0. The van der Waals surface area contributed by atoms with Crippen LogP contribution in [-0.4, -0.2) is 35.8 Å². The van der Waals surface area contributed by atoms with E-state index < -0.39 is 5.91 Å². The Bertz CT molecular complexity index is 766. The highest BCUT2D eigenvalue weighted by molar-refractivity contribution is 5.96. The molecule has 3 rings (SSSR count). The molecule has 5 heteroatoms. The highest BCUT2D eigenvalue weighted by atomic mass is 16.2. The molecule has 1 atom stereocenters. The van der Waals surface area contributed by atoms with E-state index in [2.05, 4.69) is 34.5 Å². The SMILES string of the molecule is CC(C(=O)Nc1ccc(C(N)=O)cc1)N1CCC(Cc2ccccc2)CC1. The molecule has 0 radical (unpaired) electrons. The van der Waals surface area contributed by atoms with Crippen molar-refractivity contribution >= 4 is 17.5 Å². The topological polar surface area (TPSA) is 75.4 Å². The Morgan fingerprint density at radius 3 is 2.30 bits per heavy atom. The van der Waals surface area contributed by atoms with Crippen LogP contribution < -0.4 is 11.1 Å². The number of nitrogens with two attached hydrogens (primary N) is 1. The molecule has 27 heavy (non-hydrogen) atoms. The van der Waals surface area contributed by atoms with Gasteiger partial charge in [0.1, 0.15) is 0 Å². The number of benzene rings is 2. The van der Waals surface area contributed by atoms with Gasteiger partial charge in [-0.2, -0.15) is 0 Å². The van der Waals surface area contributed by atoms with Crippen LogP contribution in [0, 0.1) is 5.92 Å². The third-order valence-corrected chi connectivity index (χ3v) is 5.38. The van der Waals surface area contributed by atoms with Crippen molar-refractivity contribution in [3.8, 4) is 0 Å². The maximum Gasteiger partial charge on any atom is 0.248 e. The van der Waals surface area contributed by atoms with Crippen molar-refractivity contribution in [3.05, 3.63) is 65.7 Å². The molecule has 2 amide bonds. The molecular weight excluding hydrogens is 338 g/mol. The molecule has 2 aromatic carbocycles. The van der Waals surface area contributed by atoms with Crippen LogP contribution in [0.1, 0.15) is 35.7 Å². The van der Waals surface area contributed by atoms with Crippen molar-refractivity contribution in [3.63, 3.8) is 0 Å². The van der Waals surface area contributed by atoms with Gasteiger partial charge in [0.05, 0.1) is 6.04 Å². The molecule has 1 heterocycles. The van der Waals surface area contributed by atoms with Crippen LogP contribution in [0.4, 0.5) is 5.69 Å². The number of likely N-dealkylation sites (tertiary alicyclic amines) is 1. The molecular formula is C22H27N3O2. The lowest BCUT2D eigenvalue weighted by Crippen LogP contribution is -2.46. The van der Waals surface area contributed by atoms with Crippen LogP contribution in [0.3, 0.4) is 0 Å². The van der Waals surface area contributed by atoms with Gasteiger partial charge < -0.3 is 11.1 Å². The second kappa shape index (κ2) is 8.82. The van der Waals surface area contributed by atoms with Crippen LogP contribution in [-0.2, 0) is 11.2 Å². The van der Waals surface area contributed by atoms with Gasteiger partial charge in [0, 0.05) is 11.3 Å². The fourth-order valence-electron chi connectivity index (χ4n) is 3.62. The number of primary amides is 1. The minimum Gasteiger partial charge on any atom is -0.366 e. The van der Waals surface area contributed by atoms with Crippen LogP contribution >= 0.6 is 0 Å². The van der Waals surface area contributed by atoms with Gasteiger partial charge in [-0.3, -0.25) is 14.5 Å². The number of carbonyl (C=O) groups excluding carboxylic acids is 2. The molecule has 2 aromatic rings. The Morgan fingerprint density at radius 1 is 1.07 bits per heavy atom. The Kier molecular flexibility index (Phi) is 6.24. The summed E-state index contributed by atoms with van der Waals surface area (Å²) in [6.45, 7) is 3.82. The fraction of sp³-hybridized carbons (Fsp3) is 0.364. The second-order valence-corrected chi connectivity index (χ2v) is 7.28. The van der Waals surface area contributed by atoms with Crippen molar-refractivity contribution in [2.75, 3.05) is 18.4 Å². The van der Waals surface area contributed by atoms with E-state index >= 15 is 0 Å². The van der Waals surface area contributed by atoms with Crippen molar-refractivity contribution in [2.24, 2.45) is 11.7 Å². The van der Waals surface area contributed by atoms with E-state index in [0.29, 0.717) is 17.2 Å². The predicted octanol–water partition coefficient (Wildman–Crippen LogP) is 3.07. The lowest BCUT2D eigenvalue weighted by atomic mass is 9.89. The minimum absolute atomic E-state index is 0.0247. The summed E-state index contributed by atoms with van der Waals surface area (Å²) in [5.41, 5.74) is 7.74. The van der Waals surface area contributed by atoms with Gasteiger partial charge in [-0.25, -0.2) is 0 Å². The lowest BCUT2D eigenvalue weighted by molar-refractivity contribution is -0.121. The first-order valence-corrected chi connectivity index (χ1v) is 9.51. The zero-order valence-corrected chi connectivity index (χ0v) is 15.7. The molecule has 0 spiro atoms. The van der Waals surface area contributed by atoms with Gasteiger partial charge in [0.25, 0.3) is 0 Å². The summed E-state index contributed by atoms with van der Waals surface area (Å²) >= 11 is 0. The number of piperidine rings is 1. The van der Waals surface area contributed by atoms with Crippen molar-refractivity contribution in [1.29, 1.82) is 0 Å². The molecule has 1 fully saturated rings. The molecule has 1 unspecified atom stereocenters. The van der Waals surface area contributed by atoms with Gasteiger partial charge in [0.2, 0.25) is 11.8 Å². The molecule has 1 aliphatic rings. The van der Waals surface area contributed by atoms with E-state index in [1.54, 1.807) is 24.3 Å². The summed E-state index contributed by atoms with van der Waals surface area (Å²) in [6, 6.07) is 17.1. The number of nitrogens with zero attached hydrogens (tertiary/aromatic N) is 1. The van der Waals surface area contributed by atoms with Gasteiger partial charge in [0.15, 0.2) is 0 Å². The highest BCUT2D eigenvalue weighted by Crippen LogP contribution is 2.23. The van der Waals surface area contributed by atoms with E-state index in [9.17, 15) is 9.59 Å². The Hall–Kier alpha value is -2.66. The van der Waals surface area contributed by atoms with Crippen LogP contribution in [0.5, 0.6) is 0 Å². The smallest absolute Gasteiger partial charge is 0.248 e. The van der Waals surface area contributed by atoms with E-state index in [1.165, 1.54) is 5.56 Å². The summed E-state index contributed by atoms with van der Waals surface area (Å²) in [6.07, 6.45) is 3.33. The maximum atomic E-state index is 12.6. The highest BCUT2D eigenvalue weighted by Gasteiger charge is 2.26. The molecule has 0 bridgehead atoms. The van der Waals surface area contributed by atoms with E-state index in [1.807, 2.05) is 13.0 Å². The fourth-order valence-corrected chi connectivity index (χ4v) is 3.62. The summed E-state index contributed by atoms with van der Waals surface area (Å²) in [5, 5.41) is 2.92. The Morgan fingerprint density at radius 2 is 1.70 bits per heavy atom. The Balaban J connectivity index is 1.48. The quantitative estimate of drug-likeness (QED) is 0.826. The van der Waals surface area contributed by atoms with E-state index in [0.717, 1.165) is 32.4 Å². The molecule has 0 aliphatic carbocycles. The molecule has 5 nitrogen and oxygen atoms in total. The first kappa shape index (κ1) is 19.1. The van der Waals surface area contributed by atoms with Gasteiger partial charge in [-0.15, -0.1) is 0 Å². The molecule has 1 aliphatic heterocycles. The number of hydrogen-bond donors (Lipinski definition) is 2. The van der Waals surface area contributed by atoms with Crippen LogP contribution in [0.15, 0.2) is 54.6 Å². The third kappa shape index (κ3) is 5.17. The number of nitrogens with one attached hydrogen (secondary N) is 1. The zero-order valence-electron chi connectivity index (χ0n) is 15.7. The third-order valence-electron chi connectivity index (χ3n) is 5.38. The number of hydrogen-bond acceptors (Lipinski definition) is 3. The average molecular weight is 365 g/mol. The second-order valence-electron chi connectivity index (χ2n) is 7.28. The minimum atomic E-state index is -0.473. The number of amides is 2. The number of carbonyl (C=O) groups is 2. The molecule has 3 N–H and O–H groups in total. The maximum absolute atomic E-state index is 12.6. The monoisotopic (exact) mass is 365 g/mol. The lowest BCUT2D eigenvalue weighted by Gasteiger charge is -2.35. The van der Waals surface area contributed by atoms with E-state index in [-0.39, 0.29) is 11.9 Å². The van der Waals surface area contributed by atoms with Gasteiger partial charge >= 0.3 is 0 Å². The summed E-state index contributed by atoms with van der Waals surface area (Å²) in [4.78, 5) is 25.9. The van der Waals surface area contributed by atoms with Crippen molar-refractivity contribution in [2.45, 2.75) is 32.2 Å². The molecule has 1 saturated heterocycles. The number of rotatable bonds is 6. The van der Waals surface area contributed by atoms with Crippen LogP contribution in [0.2, 0.25) is 0 Å². The summed E-state index contributed by atoms with van der Waals surface area (Å²) in [5.74, 6) is 0.184. The van der Waals surface area contributed by atoms with Crippen molar-refractivity contribution in [1.82, 2.24) is 4.90 Å². The average Bonchev–Trinajstić information content (AvgIpc) is 2.69. The first-order chi connectivity index (χ1) is 13.0. The molecule has 0 saturated carbocycles. The number of anilines is 1. The van der Waals surface area contributed by atoms with Crippen molar-refractivity contribution < 1.29 is 9.59 Å². The molecule has 0 aromatic heterocycles. The summed E-state index contributed by atoms with van der Waals surface area (Å²) < 4.78 is 0. The van der Waals surface area contributed by atoms with Gasteiger partial charge in [-0.05, 0) is 75.0 Å². The standard InChI is InChI=1S/C22H27N3O2/c1-16(22(27)24-20-9-7-19(8-10-20)21(23)26)25-13-11-18(12-14-25)15-17-5-3-2-4-6-17/h2-10,16,18H,11-15H2,1H3,(H2,23,26)(H,24,27). The van der Waals surface area contributed by atoms with E-state index in [4.69, 9.17) is 5.73 Å². The predicted molar refractivity (Wildman–Crippen MR) is 107 cm³/mol. The Labute approximate surface area is 160 Å². The van der Waals surface area contributed by atoms with Gasteiger partial charge in [-0.1, -0.05) is 30.3 Å². The first-order valence-electron chi connectivity index (χ1n) is 9.51.